The van der Waals surface area contributed by atoms with E-state index in [1.165, 1.54) is 24.6 Å². The summed E-state index contributed by atoms with van der Waals surface area (Å²) < 4.78 is 21.7. The number of benzene rings is 1. The molecule has 0 spiro atoms. The second-order valence-corrected chi connectivity index (χ2v) is 10.9. The van der Waals surface area contributed by atoms with Crippen LogP contribution < -0.4 is 0 Å². The maximum absolute atomic E-state index is 13.5. The number of aromatic nitrogens is 4. The largest absolute Gasteiger partial charge is 0.458 e. The molecule has 0 amide bonds. The summed E-state index contributed by atoms with van der Waals surface area (Å²) in [6.45, 7) is 7.88. The van der Waals surface area contributed by atoms with Gasteiger partial charge in [-0.25, -0.2) is 14.1 Å². The molecule has 3 aromatic rings. The fourth-order valence-electron chi connectivity index (χ4n) is 6.45. The number of allylic oxidation sites excluding steroid dienone is 4. The van der Waals surface area contributed by atoms with E-state index < -0.39 is 5.60 Å². The Morgan fingerprint density at radius 3 is 2.77 bits per heavy atom. The number of esters is 1. The number of aryl methyl sites for hydroxylation is 1. The first-order chi connectivity index (χ1) is 18.8. The van der Waals surface area contributed by atoms with E-state index in [0.717, 1.165) is 66.1 Å². The second-order valence-electron chi connectivity index (χ2n) is 10.9. The average Bonchev–Trinajstić information content (AvgIpc) is 3.54. The molecule has 2 aromatic heterocycles. The van der Waals surface area contributed by atoms with Gasteiger partial charge >= 0.3 is 5.97 Å². The van der Waals surface area contributed by atoms with Crippen LogP contribution in [-0.2, 0) is 22.4 Å². The highest BCUT2D eigenvalue weighted by Gasteiger charge is 2.56. The quantitative estimate of drug-likeness (QED) is 0.249. The molecule has 2 aliphatic carbocycles. The van der Waals surface area contributed by atoms with Crippen molar-refractivity contribution in [3.63, 3.8) is 0 Å². The fraction of sp³-hybridized carbons (Fsp3) is 0.406. The van der Waals surface area contributed by atoms with Gasteiger partial charge in [-0.05, 0) is 86.9 Å². The second kappa shape index (κ2) is 10.8. The smallest absolute Gasteiger partial charge is 0.303 e. The van der Waals surface area contributed by atoms with Crippen LogP contribution in [0, 0.1) is 11.2 Å². The number of carbonyl (C=O) groups is 1. The van der Waals surface area contributed by atoms with Crippen LogP contribution >= 0.6 is 0 Å². The topological polar surface area (TPSA) is 72.8 Å². The van der Waals surface area contributed by atoms with Gasteiger partial charge in [0.2, 0.25) is 0 Å². The van der Waals surface area contributed by atoms with E-state index in [-0.39, 0.29) is 17.2 Å². The van der Waals surface area contributed by atoms with Crippen LogP contribution in [-0.4, -0.2) is 31.3 Å². The molecule has 1 N–H and O–H groups in total. The molecule has 39 heavy (non-hydrogen) atoms. The summed E-state index contributed by atoms with van der Waals surface area (Å²) in [6, 6.07) is 6.40. The van der Waals surface area contributed by atoms with Crippen LogP contribution in [0.5, 0.6) is 0 Å². The van der Waals surface area contributed by atoms with Crippen molar-refractivity contribution in [1.29, 1.82) is 0 Å². The maximum Gasteiger partial charge on any atom is 0.303 e. The van der Waals surface area contributed by atoms with Gasteiger partial charge in [0.15, 0.2) is 0 Å². The number of carbonyl (C=O) groups excluding carboxylic acids is 1. The number of fused-ring (bicyclic) bond motifs is 2. The number of hydrogen-bond acceptors (Lipinski definition) is 4. The standard InChI is InChI=1S/C32H37FN4O2/c1-5-8-23(9-6-2)28-21-34-30(36-28)15-17-32(39-22(3)38)16-7-10-25-18-29-24(19-31(25,32)4)20-35-37(29)27-13-11-26(33)12-14-27/h5,8-9,11-14,18,20-21H,6-7,10,15-17,19H2,1-4H3,(H,34,36)/b8-5-,23-9+. The minimum absolute atomic E-state index is 0.258. The van der Waals surface area contributed by atoms with Crippen molar-refractivity contribution in [1.82, 2.24) is 19.7 Å². The number of hydrogen-bond donors (Lipinski definition) is 1. The van der Waals surface area contributed by atoms with Gasteiger partial charge in [0.1, 0.15) is 17.2 Å². The van der Waals surface area contributed by atoms with Gasteiger partial charge in [-0.1, -0.05) is 37.6 Å². The third kappa shape index (κ3) is 5.02. The third-order valence-electron chi connectivity index (χ3n) is 8.37. The van der Waals surface area contributed by atoms with E-state index in [1.54, 1.807) is 12.1 Å². The molecule has 0 bridgehead atoms. The Labute approximate surface area is 229 Å². The van der Waals surface area contributed by atoms with Gasteiger partial charge in [-0.3, -0.25) is 4.79 Å². The molecule has 5 rings (SSSR count). The molecule has 2 unspecified atom stereocenters. The lowest BCUT2D eigenvalue weighted by molar-refractivity contribution is -0.176. The lowest BCUT2D eigenvalue weighted by Gasteiger charge is -2.53. The van der Waals surface area contributed by atoms with E-state index in [9.17, 15) is 9.18 Å². The summed E-state index contributed by atoms with van der Waals surface area (Å²) in [5.74, 6) is 0.363. The van der Waals surface area contributed by atoms with Crippen LogP contribution in [0.15, 0.2) is 60.5 Å². The van der Waals surface area contributed by atoms with Crippen molar-refractivity contribution in [2.75, 3.05) is 0 Å². The van der Waals surface area contributed by atoms with Gasteiger partial charge in [-0.15, -0.1) is 0 Å². The summed E-state index contributed by atoms with van der Waals surface area (Å²) in [7, 11) is 0. The first-order valence-electron chi connectivity index (χ1n) is 13.9. The highest BCUT2D eigenvalue weighted by Crippen LogP contribution is 2.56. The molecule has 7 heteroatoms. The average molecular weight is 529 g/mol. The van der Waals surface area contributed by atoms with Crippen molar-refractivity contribution >= 4 is 17.6 Å². The zero-order valence-electron chi connectivity index (χ0n) is 23.3. The summed E-state index contributed by atoms with van der Waals surface area (Å²) >= 11 is 0. The number of H-pyrrole nitrogens is 1. The number of imidazole rings is 1. The van der Waals surface area contributed by atoms with Crippen LogP contribution in [0.4, 0.5) is 4.39 Å². The highest BCUT2D eigenvalue weighted by atomic mass is 19.1. The molecule has 2 atom stereocenters. The highest BCUT2D eigenvalue weighted by molar-refractivity contribution is 5.71. The number of nitrogens with one attached hydrogen (secondary N) is 1. The van der Waals surface area contributed by atoms with Crippen LogP contribution in [0.2, 0.25) is 0 Å². The summed E-state index contributed by atoms with van der Waals surface area (Å²) in [5, 5.41) is 4.65. The first-order valence-corrected chi connectivity index (χ1v) is 13.9. The monoisotopic (exact) mass is 528 g/mol. The zero-order valence-corrected chi connectivity index (χ0v) is 23.3. The van der Waals surface area contributed by atoms with E-state index in [4.69, 9.17) is 4.74 Å². The van der Waals surface area contributed by atoms with Crippen LogP contribution in [0.1, 0.15) is 82.6 Å². The Balaban J connectivity index is 1.46. The molecule has 2 heterocycles. The summed E-state index contributed by atoms with van der Waals surface area (Å²) in [4.78, 5) is 20.7. The number of aromatic amines is 1. The van der Waals surface area contributed by atoms with Gasteiger partial charge in [0.05, 0.1) is 29.5 Å². The van der Waals surface area contributed by atoms with Crippen molar-refractivity contribution in [2.24, 2.45) is 5.41 Å². The Hall–Kier alpha value is -3.74. The van der Waals surface area contributed by atoms with E-state index in [2.05, 4.69) is 47.1 Å². The summed E-state index contributed by atoms with van der Waals surface area (Å²) in [6.07, 6.45) is 18.0. The molecular weight excluding hydrogens is 491 g/mol. The number of halogens is 1. The Kier molecular flexibility index (Phi) is 7.43. The molecule has 1 fully saturated rings. The van der Waals surface area contributed by atoms with Gasteiger partial charge < -0.3 is 9.72 Å². The molecule has 1 aromatic carbocycles. The number of rotatable bonds is 8. The Bertz CT molecular complexity index is 1440. The van der Waals surface area contributed by atoms with Gasteiger partial charge in [0.25, 0.3) is 0 Å². The fourth-order valence-corrected chi connectivity index (χ4v) is 6.45. The molecule has 2 aliphatic rings. The lowest BCUT2D eigenvalue weighted by atomic mass is 9.56. The Morgan fingerprint density at radius 1 is 1.26 bits per heavy atom. The van der Waals surface area contributed by atoms with E-state index in [1.807, 2.05) is 30.1 Å². The molecule has 1 saturated carbocycles. The molecule has 0 radical (unpaired) electrons. The van der Waals surface area contributed by atoms with Gasteiger partial charge in [0, 0.05) is 18.8 Å². The molecule has 0 aliphatic heterocycles. The maximum atomic E-state index is 13.5. The van der Waals surface area contributed by atoms with Crippen molar-refractivity contribution in [3.05, 3.63) is 89.1 Å². The Morgan fingerprint density at radius 2 is 2.05 bits per heavy atom. The van der Waals surface area contributed by atoms with Crippen molar-refractivity contribution in [3.8, 4) is 5.69 Å². The predicted molar refractivity (Wildman–Crippen MR) is 152 cm³/mol. The molecule has 204 valence electrons. The van der Waals surface area contributed by atoms with Crippen LogP contribution in [0.25, 0.3) is 17.3 Å². The van der Waals surface area contributed by atoms with Gasteiger partial charge in [-0.2, -0.15) is 5.10 Å². The number of nitrogens with zero attached hydrogens (tertiary/aromatic N) is 3. The lowest BCUT2D eigenvalue weighted by Crippen LogP contribution is -2.55. The number of ether oxygens (including phenoxy) is 1. The van der Waals surface area contributed by atoms with Crippen molar-refractivity contribution in [2.45, 2.75) is 78.2 Å². The molecular formula is C32H37FN4O2. The SMILES string of the molecule is C/C=C\C(=C/CC)c1cnc(CCC2(OC(C)=O)CCCC3=Cc4c(cnn4-c4ccc(F)cc4)CC32C)[nH]1. The zero-order chi connectivity index (χ0) is 27.6. The third-order valence-corrected chi connectivity index (χ3v) is 8.37. The first kappa shape index (κ1) is 26.9. The summed E-state index contributed by atoms with van der Waals surface area (Å²) in [5.41, 5.74) is 5.31. The minimum Gasteiger partial charge on any atom is -0.458 e. The van der Waals surface area contributed by atoms with Crippen LogP contribution in [0.3, 0.4) is 0 Å². The van der Waals surface area contributed by atoms with E-state index >= 15 is 0 Å². The van der Waals surface area contributed by atoms with Crippen molar-refractivity contribution < 1.29 is 13.9 Å². The van der Waals surface area contributed by atoms with E-state index in [0.29, 0.717) is 12.8 Å². The molecule has 0 saturated heterocycles. The molecule has 6 nitrogen and oxygen atoms in total. The minimum atomic E-state index is -0.656. The predicted octanol–water partition coefficient (Wildman–Crippen LogP) is 7.17. The normalized spacial score (nSPS) is 22.9.